The van der Waals surface area contributed by atoms with Crippen LogP contribution in [0.5, 0.6) is 0 Å². The van der Waals surface area contributed by atoms with Crippen molar-refractivity contribution in [1.29, 1.82) is 0 Å². The molecule has 348 valence electrons. The molecule has 8 aliphatic rings. The van der Waals surface area contributed by atoms with Gasteiger partial charge in [-0.15, -0.1) is 69.1 Å². The number of hydrogen-bond donors (Lipinski definition) is 0. The molecular weight excluding hydrogens is 935 g/mol. The van der Waals surface area contributed by atoms with Gasteiger partial charge in [-0.2, -0.15) is 12.1 Å². The molecule has 8 saturated carbocycles. The van der Waals surface area contributed by atoms with E-state index in [1.807, 2.05) is 0 Å². The predicted octanol–water partition coefficient (Wildman–Crippen LogP) is 11.5. The van der Waals surface area contributed by atoms with Crippen molar-refractivity contribution >= 4 is 27.0 Å². The minimum Gasteiger partial charge on any atom is -1.00 e. The van der Waals surface area contributed by atoms with E-state index in [1.54, 1.807) is 47.3 Å². The summed E-state index contributed by atoms with van der Waals surface area (Å²) in [5, 5.41) is 5.76. The Morgan fingerprint density at radius 2 is 0.818 bits per heavy atom. The monoisotopic (exact) mass is 1010 g/mol. The first-order valence-electron chi connectivity index (χ1n) is 26.2. The van der Waals surface area contributed by atoms with Crippen molar-refractivity contribution < 1.29 is 48.1 Å². The molecule has 0 radical (unpaired) electrons. The van der Waals surface area contributed by atoms with Crippen LogP contribution in [0.2, 0.25) is 13.1 Å². The Balaban J connectivity index is 0.000000162. The summed E-state index contributed by atoms with van der Waals surface area (Å²) in [6.07, 6.45) is 20.4. The van der Waals surface area contributed by atoms with Gasteiger partial charge in [0, 0.05) is 0 Å². The van der Waals surface area contributed by atoms with Crippen molar-refractivity contribution in [2.45, 2.75) is 143 Å². The van der Waals surface area contributed by atoms with Gasteiger partial charge in [0.25, 0.3) is 0 Å². The molecule has 0 aromatic heterocycles. The van der Waals surface area contributed by atoms with Crippen molar-refractivity contribution in [3.63, 3.8) is 0 Å². The molecule has 6 aromatic rings. The molecule has 0 heterocycles. The van der Waals surface area contributed by atoms with Gasteiger partial charge in [-0.1, -0.05) is 99.5 Å². The maximum Gasteiger partial charge on any atom is -1.00 e. The molecule has 0 amide bonds. The predicted molar refractivity (Wildman–Crippen MR) is 273 cm³/mol. The molecule has 4 heteroatoms. The Labute approximate surface area is 427 Å². The summed E-state index contributed by atoms with van der Waals surface area (Å²) in [7, 11) is 0. The molecule has 66 heavy (non-hydrogen) atoms. The van der Waals surface area contributed by atoms with Crippen LogP contribution in [0.1, 0.15) is 139 Å². The van der Waals surface area contributed by atoms with E-state index in [2.05, 4.69) is 150 Å². The number of rotatable bonds is 10. The molecule has 14 rings (SSSR count). The van der Waals surface area contributed by atoms with Gasteiger partial charge in [-0.25, -0.2) is 0 Å². The Morgan fingerprint density at radius 3 is 1.12 bits per heavy atom. The van der Waals surface area contributed by atoms with E-state index in [0.29, 0.717) is 11.8 Å². The Morgan fingerprint density at radius 1 is 0.500 bits per heavy atom. The second-order valence-electron chi connectivity index (χ2n) is 22.8. The Hall–Kier alpha value is -2.22. The summed E-state index contributed by atoms with van der Waals surface area (Å²) >= 11 is 1.74. The number of benzene rings is 4. The van der Waals surface area contributed by atoms with Gasteiger partial charge in [0.05, 0.1) is 0 Å². The molecule has 0 spiro atoms. The van der Waals surface area contributed by atoms with Crippen LogP contribution in [-0.4, -0.2) is 5.43 Å². The van der Waals surface area contributed by atoms with Crippen LogP contribution in [0.15, 0.2) is 109 Å². The fraction of sp³-hybridized carbons (Fsp3) is 0.516. The fourth-order valence-corrected chi connectivity index (χ4v) is 15.1. The van der Waals surface area contributed by atoms with Gasteiger partial charge in [0.1, 0.15) is 0 Å². The average Bonchev–Trinajstić information content (AvgIpc) is 3.92. The topological polar surface area (TPSA) is 0 Å². The molecule has 0 saturated heterocycles. The smallest absolute Gasteiger partial charge is 1.00 e. The van der Waals surface area contributed by atoms with Gasteiger partial charge in [0.15, 0.2) is 0 Å². The zero-order valence-electron chi connectivity index (χ0n) is 41.0. The van der Waals surface area contributed by atoms with Gasteiger partial charge in [-0.05, 0) is 183 Å². The van der Waals surface area contributed by atoms with Crippen molar-refractivity contribution in [3.05, 3.63) is 131 Å². The normalized spacial score (nSPS) is 28.4. The zero-order valence-corrected chi connectivity index (χ0v) is 45.9. The van der Waals surface area contributed by atoms with Crippen molar-refractivity contribution in [2.24, 2.45) is 59.2 Å². The molecule has 6 aromatic carbocycles. The SMILES string of the molecule is CCC(C)c1ccc(-c2cccc3[cH-]c(CC4C5CC6CC(C5)CC4C6)cc23)cc1.CCC(C)c1ccc(-c2cccc3[cH-]c(CC4C5CC6CC(C5)CC4C6)cc23)cc1.C[Si](C)=[Zr+2].[Cl-].[Cl-]. The minimum atomic E-state index is 0. The second kappa shape index (κ2) is 21.8. The summed E-state index contributed by atoms with van der Waals surface area (Å²) in [6, 6.07) is 42.5. The van der Waals surface area contributed by atoms with Crippen LogP contribution in [0, 0.1) is 59.2 Å². The van der Waals surface area contributed by atoms with Crippen molar-refractivity contribution in [1.82, 2.24) is 0 Å². The third-order valence-corrected chi connectivity index (χ3v) is 18.2. The van der Waals surface area contributed by atoms with Crippen molar-refractivity contribution in [2.75, 3.05) is 0 Å². The third-order valence-electron chi connectivity index (χ3n) is 18.2. The Bertz CT molecular complexity index is 2310. The first-order valence-corrected chi connectivity index (χ1v) is 32.4. The van der Waals surface area contributed by atoms with E-state index in [0.717, 1.165) is 59.2 Å². The summed E-state index contributed by atoms with van der Waals surface area (Å²) in [6.45, 7) is 13.8. The summed E-state index contributed by atoms with van der Waals surface area (Å²) in [4.78, 5) is 0. The summed E-state index contributed by atoms with van der Waals surface area (Å²) < 4.78 is 0. The molecule has 2 unspecified atom stereocenters. The maximum absolute atomic E-state index is 2.53. The molecule has 0 aliphatic heterocycles. The second-order valence-corrected chi connectivity index (χ2v) is 32.2. The van der Waals surface area contributed by atoms with Gasteiger partial charge in [-0.3, -0.25) is 0 Å². The summed E-state index contributed by atoms with van der Waals surface area (Å²) in [5.41, 5.74) is 11.8. The first-order chi connectivity index (χ1) is 31.1. The third kappa shape index (κ3) is 10.7. The van der Waals surface area contributed by atoms with E-state index in [-0.39, 0.29) is 30.2 Å². The number of fused-ring (bicyclic) bond motifs is 2. The standard InChI is InChI=1S/2C30H35.C2H6Si.2ClH.Zr/c2*1-3-19(2)23-7-9-24(10-8-23)28-6-4-5-25-12-22(18-30(25)28)17-29-26-13-20-11-21(15-26)16-27(29)14-20;1-3-2;;;/h2*4-10,12,18-21,26-27,29H,3,11,13-17H2,1-2H3;1-2H3;2*1H;/q2*-1;;;;+2/p-2. The van der Waals surface area contributed by atoms with Crippen LogP contribution in [0.4, 0.5) is 0 Å². The van der Waals surface area contributed by atoms with Crippen LogP contribution in [0.3, 0.4) is 0 Å². The first kappa shape index (κ1) is 50.2. The van der Waals surface area contributed by atoms with Gasteiger partial charge in [0.2, 0.25) is 0 Å². The van der Waals surface area contributed by atoms with E-state index >= 15 is 0 Å². The van der Waals surface area contributed by atoms with Crippen LogP contribution < -0.4 is 24.8 Å². The maximum atomic E-state index is 2.53. The van der Waals surface area contributed by atoms with Gasteiger partial charge < -0.3 is 24.8 Å². The molecular formula is C62H76Cl2SiZr-2. The van der Waals surface area contributed by atoms with Crippen LogP contribution in [0.25, 0.3) is 43.8 Å². The molecule has 2 atom stereocenters. The zero-order chi connectivity index (χ0) is 44.1. The molecule has 8 fully saturated rings. The van der Waals surface area contributed by atoms with Gasteiger partial charge >= 0.3 is 41.9 Å². The summed E-state index contributed by atoms with van der Waals surface area (Å²) in [5.74, 6) is 11.6. The van der Waals surface area contributed by atoms with Crippen LogP contribution in [-0.2, 0) is 36.2 Å². The number of halogens is 2. The van der Waals surface area contributed by atoms with E-state index in [1.165, 1.54) is 132 Å². The average molecular weight is 1010 g/mol. The minimum absolute atomic E-state index is 0. The van der Waals surface area contributed by atoms with E-state index < -0.39 is 0 Å². The van der Waals surface area contributed by atoms with Crippen LogP contribution >= 0.6 is 0 Å². The quantitative estimate of drug-likeness (QED) is 0.0948. The van der Waals surface area contributed by atoms with E-state index in [9.17, 15) is 0 Å². The Kier molecular flexibility index (Phi) is 16.6. The van der Waals surface area contributed by atoms with Crippen molar-refractivity contribution in [3.8, 4) is 22.3 Å². The number of hydrogen-bond acceptors (Lipinski definition) is 0. The molecule has 8 bridgehead atoms. The molecule has 0 N–H and O–H groups in total. The fourth-order valence-electron chi connectivity index (χ4n) is 15.1. The molecule has 8 aliphatic carbocycles. The molecule has 0 nitrogen and oxygen atoms in total. The largest absolute Gasteiger partial charge is 1.00 e. The van der Waals surface area contributed by atoms with E-state index in [4.69, 9.17) is 0 Å².